The highest BCUT2D eigenvalue weighted by atomic mass is 32.1. The summed E-state index contributed by atoms with van der Waals surface area (Å²) in [6.45, 7) is 3.53. The maximum absolute atomic E-state index is 13.8. The van der Waals surface area contributed by atoms with Gasteiger partial charge in [0.25, 0.3) is 0 Å². The molecular weight excluding hydrogens is 277 g/mol. The number of amides is 1. The molecule has 4 nitrogen and oxygen atoms in total. The molecule has 1 amide bonds. The van der Waals surface area contributed by atoms with Crippen LogP contribution < -0.4 is 11.5 Å². The summed E-state index contributed by atoms with van der Waals surface area (Å²) in [4.78, 5) is 13.7. The first-order chi connectivity index (χ1) is 9.32. The lowest BCUT2D eigenvalue weighted by molar-refractivity contribution is -0.126. The van der Waals surface area contributed by atoms with Gasteiger partial charge in [-0.15, -0.1) is 0 Å². The molecule has 0 bridgehead atoms. The van der Waals surface area contributed by atoms with Gasteiger partial charge in [0.05, 0.1) is 5.41 Å². The van der Waals surface area contributed by atoms with Crippen LogP contribution in [-0.4, -0.2) is 28.9 Å². The van der Waals surface area contributed by atoms with Crippen molar-refractivity contribution in [1.29, 1.82) is 0 Å². The molecule has 1 saturated heterocycles. The molecule has 1 heterocycles. The molecule has 0 radical (unpaired) electrons. The van der Waals surface area contributed by atoms with E-state index >= 15 is 0 Å². The van der Waals surface area contributed by atoms with Gasteiger partial charge in [0.2, 0.25) is 5.91 Å². The highest BCUT2D eigenvalue weighted by Gasteiger charge is 2.38. The number of rotatable bonds is 4. The number of primary amides is 1. The molecule has 1 fully saturated rings. The predicted molar refractivity (Wildman–Crippen MR) is 79.5 cm³/mol. The van der Waals surface area contributed by atoms with Crippen LogP contribution in [0.3, 0.4) is 0 Å². The number of benzene rings is 1. The van der Waals surface area contributed by atoms with Gasteiger partial charge in [0.1, 0.15) is 10.8 Å². The standard InChI is InChI=1S/C14H18FN3OS/c1-14(13(17)19)4-5-18(8-14)7-10-6-9(12(16)20)2-3-11(10)15/h2-3,6H,4-5,7-8H2,1H3,(H2,16,20)(H2,17,19). The molecule has 2 rings (SSSR count). The Morgan fingerprint density at radius 2 is 2.20 bits per heavy atom. The molecule has 0 aromatic heterocycles. The van der Waals surface area contributed by atoms with Crippen molar-refractivity contribution in [1.82, 2.24) is 4.90 Å². The number of hydrogen-bond acceptors (Lipinski definition) is 3. The number of nitrogens with two attached hydrogens (primary N) is 2. The molecule has 1 unspecified atom stereocenters. The van der Waals surface area contributed by atoms with E-state index in [1.807, 2.05) is 11.8 Å². The van der Waals surface area contributed by atoms with Crippen LogP contribution in [0.5, 0.6) is 0 Å². The van der Waals surface area contributed by atoms with Crippen LogP contribution in [0.2, 0.25) is 0 Å². The van der Waals surface area contributed by atoms with Crippen molar-refractivity contribution < 1.29 is 9.18 Å². The smallest absolute Gasteiger partial charge is 0.224 e. The van der Waals surface area contributed by atoms with E-state index in [4.69, 9.17) is 23.7 Å². The minimum absolute atomic E-state index is 0.245. The fourth-order valence-electron chi connectivity index (χ4n) is 2.48. The third-order valence-electron chi connectivity index (χ3n) is 3.87. The Hall–Kier alpha value is -1.53. The van der Waals surface area contributed by atoms with Crippen LogP contribution in [0.15, 0.2) is 18.2 Å². The van der Waals surface area contributed by atoms with Crippen molar-refractivity contribution in [2.45, 2.75) is 19.9 Å². The Kier molecular flexibility index (Phi) is 4.06. The Labute approximate surface area is 122 Å². The van der Waals surface area contributed by atoms with Crippen LogP contribution >= 0.6 is 12.2 Å². The molecule has 0 aliphatic carbocycles. The van der Waals surface area contributed by atoms with Crippen molar-refractivity contribution >= 4 is 23.1 Å². The molecule has 1 aromatic carbocycles. The van der Waals surface area contributed by atoms with E-state index < -0.39 is 5.41 Å². The lowest BCUT2D eigenvalue weighted by atomic mass is 9.89. The molecule has 1 aliphatic rings. The minimum atomic E-state index is -0.531. The quantitative estimate of drug-likeness (QED) is 0.818. The molecule has 0 saturated carbocycles. The van der Waals surface area contributed by atoms with Crippen LogP contribution in [0.4, 0.5) is 4.39 Å². The second kappa shape index (κ2) is 5.46. The van der Waals surface area contributed by atoms with E-state index in [0.29, 0.717) is 30.6 Å². The summed E-state index contributed by atoms with van der Waals surface area (Å²) in [5.74, 6) is -0.602. The highest BCUT2D eigenvalue weighted by molar-refractivity contribution is 7.80. The molecule has 20 heavy (non-hydrogen) atoms. The zero-order valence-electron chi connectivity index (χ0n) is 11.4. The number of thiocarbonyl (C=S) groups is 1. The van der Waals surface area contributed by atoms with Crippen molar-refractivity contribution in [3.05, 3.63) is 35.1 Å². The van der Waals surface area contributed by atoms with E-state index in [-0.39, 0.29) is 16.7 Å². The lowest BCUT2D eigenvalue weighted by Crippen LogP contribution is -2.37. The summed E-state index contributed by atoms with van der Waals surface area (Å²) in [5.41, 5.74) is 11.6. The van der Waals surface area contributed by atoms with Gasteiger partial charge < -0.3 is 11.5 Å². The molecule has 4 N–H and O–H groups in total. The van der Waals surface area contributed by atoms with E-state index in [2.05, 4.69) is 0 Å². The number of carbonyl (C=O) groups is 1. The largest absolute Gasteiger partial charge is 0.389 e. The minimum Gasteiger partial charge on any atom is -0.389 e. The molecule has 0 spiro atoms. The molecule has 1 aromatic rings. The van der Waals surface area contributed by atoms with Gasteiger partial charge in [-0.3, -0.25) is 9.69 Å². The van der Waals surface area contributed by atoms with Crippen molar-refractivity contribution in [3.8, 4) is 0 Å². The van der Waals surface area contributed by atoms with Crippen LogP contribution in [0, 0.1) is 11.2 Å². The number of hydrogen-bond donors (Lipinski definition) is 2. The Balaban J connectivity index is 2.14. The average Bonchev–Trinajstić information content (AvgIpc) is 2.75. The van der Waals surface area contributed by atoms with Crippen LogP contribution in [0.25, 0.3) is 0 Å². The molecular formula is C14H18FN3OS. The summed E-state index contributed by atoms with van der Waals surface area (Å²) in [6, 6.07) is 4.60. The lowest BCUT2D eigenvalue weighted by Gasteiger charge is -2.21. The number of halogens is 1. The van der Waals surface area contributed by atoms with E-state index in [1.165, 1.54) is 6.07 Å². The summed E-state index contributed by atoms with van der Waals surface area (Å²) >= 11 is 4.90. The Bertz CT molecular complexity index is 563. The van der Waals surface area contributed by atoms with Crippen molar-refractivity contribution in [3.63, 3.8) is 0 Å². The highest BCUT2D eigenvalue weighted by Crippen LogP contribution is 2.30. The predicted octanol–water partition coefficient (Wildman–Crippen LogP) is 1.16. The molecule has 108 valence electrons. The van der Waals surface area contributed by atoms with Crippen molar-refractivity contribution in [2.75, 3.05) is 13.1 Å². The van der Waals surface area contributed by atoms with Crippen molar-refractivity contribution in [2.24, 2.45) is 16.9 Å². The monoisotopic (exact) mass is 295 g/mol. The third-order valence-corrected chi connectivity index (χ3v) is 4.11. The van der Waals surface area contributed by atoms with E-state index in [1.54, 1.807) is 12.1 Å². The molecule has 1 atom stereocenters. The summed E-state index contributed by atoms with van der Waals surface area (Å²) in [7, 11) is 0. The van der Waals surface area contributed by atoms with Crippen LogP contribution in [0.1, 0.15) is 24.5 Å². The average molecular weight is 295 g/mol. The van der Waals surface area contributed by atoms with Gasteiger partial charge in [0.15, 0.2) is 0 Å². The van der Waals surface area contributed by atoms with Gasteiger partial charge >= 0.3 is 0 Å². The van der Waals surface area contributed by atoms with Gasteiger partial charge in [-0.25, -0.2) is 4.39 Å². The maximum Gasteiger partial charge on any atom is 0.224 e. The first-order valence-corrected chi connectivity index (χ1v) is 6.83. The van der Waals surface area contributed by atoms with Gasteiger partial charge in [-0.1, -0.05) is 12.2 Å². The van der Waals surface area contributed by atoms with E-state index in [0.717, 1.165) is 6.54 Å². The first kappa shape index (κ1) is 14.9. The van der Waals surface area contributed by atoms with Gasteiger partial charge in [-0.05, 0) is 38.1 Å². The maximum atomic E-state index is 13.8. The number of nitrogens with zero attached hydrogens (tertiary/aromatic N) is 1. The summed E-state index contributed by atoms with van der Waals surface area (Å²) < 4.78 is 13.8. The van der Waals surface area contributed by atoms with E-state index in [9.17, 15) is 9.18 Å². The fraction of sp³-hybridized carbons (Fsp3) is 0.429. The second-order valence-electron chi connectivity index (χ2n) is 5.56. The summed E-state index contributed by atoms with van der Waals surface area (Å²) in [5, 5.41) is 0. The molecule has 1 aliphatic heterocycles. The normalized spacial score (nSPS) is 22.9. The van der Waals surface area contributed by atoms with Gasteiger partial charge in [-0.2, -0.15) is 0 Å². The third kappa shape index (κ3) is 2.96. The zero-order chi connectivity index (χ0) is 14.9. The molecule has 6 heteroatoms. The first-order valence-electron chi connectivity index (χ1n) is 6.42. The summed E-state index contributed by atoms with van der Waals surface area (Å²) in [6.07, 6.45) is 0.693. The number of likely N-dealkylation sites (tertiary alicyclic amines) is 1. The SMILES string of the molecule is CC1(C(N)=O)CCN(Cc2cc(C(N)=S)ccc2F)C1. The topological polar surface area (TPSA) is 72.4 Å². The number of carbonyl (C=O) groups excluding carboxylic acids is 1. The second-order valence-corrected chi connectivity index (χ2v) is 6.00. The van der Waals surface area contributed by atoms with Crippen LogP contribution in [-0.2, 0) is 11.3 Å². The fourth-order valence-corrected chi connectivity index (χ4v) is 2.61. The Morgan fingerprint density at radius 3 is 2.75 bits per heavy atom. The zero-order valence-corrected chi connectivity index (χ0v) is 12.2. The Morgan fingerprint density at radius 1 is 1.50 bits per heavy atom. The van der Waals surface area contributed by atoms with Gasteiger partial charge in [0, 0.05) is 24.2 Å².